The largest absolute Gasteiger partial charge is 0.462 e. The fourth-order valence-electron chi connectivity index (χ4n) is 8.64. The van der Waals surface area contributed by atoms with Crippen molar-refractivity contribution >= 4 is 17.9 Å². The Kier molecular flexibility index (Phi) is 56.8. The van der Waals surface area contributed by atoms with Crippen LogP contribution in [-0.4, -0.2) is 37.2 Å². The smallest absolute Gasteiger partial charge is 0.306 e. The van der Waals surface area contributed by atoms with Crippen molar-refractivity contribution in [3.63, 3.8) is 0 Å². The molecule has 0 fully saturated rings. The summed E-state index contributed by atoms with van der Waals surface area (Å²) in [7, 11) is 0. The minimum absolute atomic E-state index is 0.0885. The van der Waals surface area contributed by atoms with Crippen molar-refractivity contribution in [2.75, 3.05) is 13.2 Å². The maximum absolute atomic E-state index is 12.9. The third kappa shape index (κ3) is 57.6. The SMILES string of the molecule is CC/C=C\C/C=C\C/C=C\C/C=C\CCCCC(=O)OCC(COC(=O)CCCCCCCCCCC/C=C\C/C=C\CCCCCCC)OC(=O)CCCCCCCCCCCCCCCCCCC. The Morgan fingerprint density at radius 2 is 0.549 bits per heavy atom. The van der Waals surface area contributed by atoms with E-state index in [-0.39, 0.29) is 31.1 Å². The quantitative estimate of drug-likeness (QED) is 0.0261. The van der Waals surface area contributed by atoms with Crippen LogP contribution in [-0.2, 0) is 28.6 Å². The van der Waals surface area contributed by atoms with Gasteiger partial charge in [-0.3, -0.25) is 14.4 Å². The minimum atomic E-state index is -0.793. The van der Waals surface area contributed by atoms with Gasteiger partial charge in [0.25, 0.3) is 0 Å². The fourth-order valence-corrected chi connectivity index (χ4v) is 8.64. The van der Waals surface area contributed by atoms with Crippen molar-refractivity contribution in [3.8, 4) is 0 Å². The summed E-state index contributed by atoms with van der Waals surface area (Å²) >= 11 is 0. The molecule has 0 saturated heterocycles. The summed E-state index contributed by atoms with van der Waals surface area (Å²) in [4.78, 5) is 38.2. The van der Waals surface area contributed by atoms with Crippen LogP contribution in [0.15, 0.2) is 72.9 Å². The molecule has 0 aliphatic carbocycles. The molecule has 0 aromatic heterocycles. The summed E-state index contributed by atoms with van der Waals surface area (Å²) in [5.41, 5.74) is 0. The topological polar surface area (TPSA) is 78.9 Å². The van der Waals surface area contributed by atoms with Gasteiger partial charge in [-0.2, -0.15) is 0 Å². The molecule has 0 bridgehead atoms. The fraction of sp³-hybridized carbons (Fsp3) is 0.769. The normalized spacial score (nSPS) is 12.5. The van der Waals surface area contributed by atoms with Gasteiger partial charge >= 0.3 is 17.9 Å². The van der Waals surface area contributed by atoms with E-state index in [1.165, 1.54) is 173 Å². The first-order valence-corrected chi connectivity index (χ1v) is 30.4. The average Bonchev–Trinajstić information content (AvgIpc) is 3.37. The molecule has 1 unspecified atom stereocenters. The molecule has 6 nitrogen and oxygen atoms in total. The van der Waals surface area contributed by atoms with E-state index < -0.39 is 6.10 Å². The summed E-state index contributed by atoms with van der Waals surface area (Å²) in [6.45, 7) is 6.51. The van der Waals surface area contributed by atoms with E-state index in [4.69, 9.17) is 14.2 Å². The molecule has 410 valence electrons. The highest BCUT2D eigenvalue weighted by Crippen LogP contribution is 2.16. The van der Waals surface area contributed by atoms with Crippen LogP contribution >= 0.6 is 0 Å². The molecular weight excluding hydrogens is 877 g/mol. The van der Waals surface area contributed by atoms with Crippen LogP contribution < -0.4 is 0 Å². The van der Waals surface area contributed by atoms with Crippen LogP contribution in [0, 0.1) is 0 Å². The number of hydrogen-bond acceptors (Lipinski definition) is 6. The second-order valence-electron chi connectivity index (χ2n) is 20.2. The van der Waals surface area contributed by atoms with E-state index in [1.807, 2.05) is 0 Å². The maximum Gasteiger partial charge on any atom is 0.306 e. The molecule has 0 heterocycles. The minimum Gasteiger partial charge on any atom is -0.462 e. The second-order valence-corrected chi connectivity index (χ2v) is 20.2. The Morgan fingerprint density at radius 3 is 0.887 bits per heavy atom. The molecule has 0 radical (unpaired) electrons. The van der Waals surface area contributed by atoms with Crippen molar-refractivity contribution < 1.29 is 28.6 Å². The predicted octanol–water partition coefficient (Wildman–Crippen LogP) is 20.5. The highest BCUT2D eigenvalue weighted by Gasteiger charge is 2.19. The highest BCUT2D eigenvalue weighted by molar-refractivity contribution is 5.71. The third-order valence-electron chi connectivity index (χ3n) is 13.2. The standard InChI is InChI=1S/C65H114O6/c1-4-7-10-13-16-19-22-25-28-30-31-32-33-35-37-40-43-46-49-52-55-58-64(67)70-61-62(60-69-63(66)57-54-51-48-45-42-39-36-27-24-21-18-15-12-9-6-3)71-65(68)59-56-53-50-47-44-41-38-34-29-26-23-20-17-14-11-8-5-2/h9,12,18,21-22,25,27,30-31,36,42,45,62H,4-8,10-11,13-17,19-20,23-24,26,28-29,32-35,37-41,43-44,46-61H2,1-3H3/b12-9-,21-18-,25-22-,31-30-,36-27-,45-42-. The van der Waals surface area contributed by atoms with Gasteiger partial charge in [0, 0.05) is 19.3 Å². The number of allylic oxidation sites excluding steroid dienone is 12. The third-order valence-corrected chi connectivity index (χ3v) is 13.2. The predicted molar refractivity (Wildman–Crippen MR) is 307 cm³/mol. The molecule has 0 rings (SSSR count). The first-order valence-electron chi connectivity index (χ1n) is 30.4. The first-order chi connectivity index (χ1) is 35.0. The Labute approximate surface area is 440 Å². The summed E-state index contributed by atoms with van der Waals surface area (Å²) in [5.74, 6) is -0.922. The van der Waals surface area contributed by atoms with Gasteiger partial charge in [0.05, 0.1) is 0 Å². The number of ether oxygens (including phenoxy) is 3. The number of unbranched alkanes of at least 4 members (excludes halogenated alkanes) is 32. The van der Waals surface area contributed by atoms with Gasteiger partial charge in [-0.15, -0.1) is 0 Å². The molecule has 0 saturated carbocycles. The van der Waals surface area contributed by atoms with E-state index in [1.54, 1.807) is 0 Å². The molecule has 0 N–H and O–H groups in total. The summed E-state index contributed by atoms with van der Waals surface area (Å²) < 4.78 is 16.9. The maximum atomic E-state index is 12.9. The molecular formula is C65H114O6. The summed E-state index contributed by atoms with van der Waals surface area (Å²) in [5, 5.41) is 0. The lowest BCUT2D eigenvalue weighted by atomic mass is 10.0. The molecule has 0 spiro atoms. The molecule has 0 aromatic carbocycles. The van der Waals surface area contributed by atoms with Crippen molar-refractivity contribution in [2.45, 2.75) is 309 Å². The second kappa shape index (κ2) is 59.4. The van der Waals surface area contributed by atoms with Crippen LogP contribution in [0.3, 0.4) is 0 Å². The highest BCUT2D eigenvalue weighted by atomic mass is 16.6. The van der Waals surface area contributed by atoms with Gasteiger partial charge in [0.15, 0.2) is 6.10 Å². The van der Waals surface area contributed by atoms with Gasteiger partial charge in [0.2, 0.25) is 0 Å². The Morgan fingerprint density at radius 1 is 0.296 bits per heavy atom. The van der Waals surface area contributed by atoms with Crippen LogP contribution in [0.4, 0.5) is 0 Å². The molecule has 0 aromatic rings. The average molecular weight is 992 g/mol. The number of esters is 3. The Bertz CT molecular complexity index is 1320. The molecule has 6 heteroatoms. The van der Waals surface area contributed by atoms with Crippen molar-refractivity contribution in [1.82, 2.24) is 0 Å². The van der Waals surface area contributed by atoms with Crippen LogP contribution in [0.2, 0.25) is 0 Å². The van der Waals surface area contributed by atoms with Crippen LogP contribution in [0.5, 0.6) is 0 Å². The molecule has 0 amide bonds. The van der Waals surface area contributed by atoms with Crippen molar-refractivity contribution in [2.24, 2.45) is 0 Å². The van der Waals surface area contributed by atoms with Crippen molar-refractivity contribution in [1.29, 1.82) is 0 Å². The molecule has 1 atom stereocenters. The van der Waals surface area contributed by atoms with E-state index in [0.29, 0.717) is 19.3 Å². The number of carbonyl (C=O) groups excluding carboxylic acids is 3. The van der Waals surface area contributed by atoms with E-state index in [9.17, 15) is 14.4 Å². The molecule has 71 heavy (non-hydrogen) atoms. The number of hydrogen-bond donors (Lipinski definition) is 0. The van der Waals surface area contributed by atoms with Gasteiger partial charge < -0.3 is 14.2 Å². The first kappa shape index (κ1) is 67.8. The van der Waals surface area contributed by atoms with E-state index in [2.05, 4.69) is 93.7 Å². The Hall–Kier alpha value is -3.15. The van der Waals surface area contributed by atoms with Gasteiger partial charge in [0.1, 0.15) is 13.2 Å². The van der Waals surface area contributed by atoms with Crippen molar-refractivity contribution in [3.05, 3.63) is 72.9 Å². The van der Waals surface area contributed by atoms with Gasteiger partial charge in [-0.1, -0.05) is 267 Å². The summed E-state index contributed by atoms with van der Waals surface area (Å²) in [6.07, 6.45) is 76.1. The zero-order chi connectivity index (χ0) is 51.4. The van der Waals surface area contributed by atoms with Crippen LogP contribution in [0.25, 0.3) is 0 Å². The van der Waals surface area contributed by atoms with Gasteiger partial charge in [-0.05, 0) is 89.9 Å². The Balaban J connectivity index is 4.39. The summed E-state index contributed by atoms with van der Waals surface area (Å²) in [6, 6.07) is 0. The number of rotatable bonds is 55. The molecule has 0 aliphatic rings. The lowest BCUT2D eigenvalue weighted by molar-refractivity contribution is -0.167. The van der Waals surface area contributed by atoms with Gasteiger partial charge in [-0.25, -0.2) is 0 Å². The van der Waals surface area contributed by atoms with E-state index in [0.717, 1.165) is 89.9 Å². The molecule has 0 aliphatic heterocycles. The zero-order valence-corrected chi connectivity index (χ0v) is 47.0. The number of carbonyl (C=O) groups is 3. The lowest BCUT2D eigenvalue weighted by Crippen LogP contribution is -2.30. The van der Waals surface area contributed by atoms with E-state index >= 15 is 0 Å². The zero-order valence-electron chi connectivity index (χ0n) is 47.0. The lowest BCUT2D eigenvalue weighted by Gasteiger charge is -2.18. The van der Waals surface area contributed by atoms with Crippen LogP contribution in [0.1, 0.15) is 303 Å². The monoisotopic (exact) mass is 991 g/mol.